The molecular weight excluding hydrogens is 331 g/mol. The fourth-order valence-electron chi connectivity index (χ4n) is 3.53. The molecule has 3 aromatic rings. The van der Waals surface area contributed by atoms with E-state index < -0.39 is 11.6 Å². The second-order valence-electron chi connectivity index (χ2n) is 7.01. The fourth-order valence-corrected chi connectivity index (χ4v) is 3.53. The van der Waals surface area contributed by atoms with Crippen molar-refractivity contribution in [2.45, 2.75) is 37.8 Å². The topological polar surface area (TPSA) is 59.8 Å². The molecule has 2 heterocycles. The Kier molecular flexibility index (Phi) is 4.18. The average Bonchev–Trinajstić information content (AvgIpc) is 3.08. The number of halogens is 1. The van der Waals surface area contributed by atoms with E-state index >= 15 is 0 Å². The van der Waals surface area contributed by atoms with Crippen molar-refractivity contribution in [1.82, 2.24) is 14.8 Å². The molecule has 4 rings (SSSR count). The number of nitrogens with zero attached hydrogens (tertiary/aromatic N) is 3. The largest absolute Gasteiger partial charge is 0.308 e. The van der Waals surface area contributed by atoms with E-state index in [1.165, 1.54) is 0 Å². The zero-order valence-corrected chi connectivity index (χ0v) is 14.7. The van der Waals surface area contributed by atoms with Gasteiger partial charge < -0.3 is 5.32 Å². The highest BCUT2D eigenvalue weighted by Crippen LogP contribution is 2.33. The predicted molar refractivity (Wildman–Crippen MR) is 99.5 cm³/mol. The van der Waals surface area contributed by atoms with Crippen LogP contribution in [0.4, 0.5) is 10.2 Å². The van der Waals surface area contributed by atoms with E-state index in [1.54, 1.807) is 23.1 Å². The second-order valence-corrected chi connectivity index (χ2v) is 7.01. The molecule has 5 nitrogen and oxygen atoms in total. The summed E-state index contributed by atoms with van der Waals surface area (Å²) in [5.74, 6) is -0.194. The Morgan fingerprint density at radius 3 is 2.65 bits per heavy atom. The van der Waals surface area contributed by atoms with Crippen molar-refractivity contribution in [2.24, 2.45) is 7.05 Å². The lowest BCUT2D eigenvalue weighted by Gasteiger charge is -2.27. The summed E-state index contributed by atoms with van der Waals surface area (Å²) < 4.78 is 16.6. The van der Waals surface area contributed by atoms with Crippen LogP contribution in [0.15, 0.2) is 42.9 Å². The highest BCUT2D eigenvalue weighted by atomic mass is 19.1. The van der Waals surface area contributed by atoms with E-state index in [9.17, 15) is 9.18 Å². The number of alkyl halides is 1. The summed E-state index contributed by atoms with van der Waals surface area (Å²) >= 11 is 0. The van der Waals surface area contributed by atoms with Gasteiger partial charge in [0, 0.05) is 30.4 Å². The van der Waals surface area contributed by atoms with Crippen LogP contribution in [0.5, 0.6) is 0 Å². The van der Waals surface area contributed by atoms with Crippen molar-refractivity contribution in [3.05, 3.63) is 42.9 Å². The Labute approximate surface area is 151 Å². The summed E-state index contributed by atoms with van der Waals surface area (Å²) in [5, 5.41) is 8.76. The number of pyridine rings is 1. The lowest BCUT2D eigenvalue weighted by molar-refractivity contribution is -0.129. The van der Waals surface area contributed by atoms with Gasteiger partial charge >= 0.3 is 0 Å². The summed E-state index contributed by atoms with van der Waals surface area (Å²) in [5.41, 5.74) is 0.275. The van der Waals surface area contributed by atoms with Crippen LogP contribution in [0, 0.1) is 0 Å². The van der Waals surface area contributed by atoms with Crippen LogP contribution >= 0.6 is 0 Å². The zero-order valence-electron chi connectivity index (χ0n) is 14.7. The number of hydrogen-bond donors (Lipinski definition) is 1. The average molecular weight is 352 g/mol. The number of anilines is 1. The Morgan fingerprint density at radius 2 is 1.92 bits per heavy atom. The first-order valence-electron chi connectivity index (χ1n) is 8.93. The van der Waals surface area contributed by atoms with Crippen molar-refractivity contribution in [2.75, 3.05) is 5.32 Å². The molecule has 0 atom stereocenters. The number of aromatic nitrogens is 3. The van der Waals surface area contributed by atoms with E-state index in [4.69, 9.17) is 0 Å². The van der Waals surface area contributed by atoms with Gasteiger partial charge in [0.25, 0.3) is 5.91 Å². The van der Waals surface area contributed by atoms with Gasteiger partial charge in [0.05, 0.1) is 6.20 Å². The highest BCUT2D eigenvalue weighted by molar-refractivity contribution is 5.98. The molecule has 1 saturated carbocycles. The van der Waals surface area contributed by atoms with E-state index in [1.807, 2.05) is 31.4 Å². The zero-order chi connectivity index (χ0) is 18.1. The standard InChI is InChI=1S/C20H21FN4O/c1-25-13-17(12-23-25)14-5-6-15-11-22-18(10-16(15)9-14)24-19(26)20(21)7-3-2-4-8-20/h5-6,9-13H,2-4,7-8H2,1H3,(H,22,24,26). The molecule has 1 aliphatic carbocycles. The number of carbonyl (C=O) groups excluding carboxylic acids is 1. The molecule has 2 aromatic heterocycles. The van der Waals surface area contributed by atoms with Crippen LogP contribution in [-0.4, -0.2) is 26.3 Å². The van der Waals surface area contributed by atoms with Crippen LogP contribution in [-0.2, 0) is 11.8 Å². The maximum atomic E-state index is 14.8. The Balaban J connectivity index is 1.61. The molecule has 1 aliphatic rings. The molecular formula is C20H21FN4O. The number of benzene rings is 1. The number of amides is 1. The third-order valence-electron chi connectivity index (χ3n) is 5.05. The van der Waals surface area contributed by atoms with Gasteiger partial charge in [0.15, 0.2) is 5.67 Å². The molecule has 0 radical (unpaired) electrons. The number of aryl methyl sites for hydroxylation is 1. The minimum Gasteiger partial charge on any atom is -0.308 e. The van der Waals surface area contributed by atoms with Crippen molar-refractivity contribution < 1.29 is 9.18 Å². The summed E-state index contributed by atoms with van der Waals surface area (Å²) in [6.45, 7) is 0. The maximum absolute atomic E-state index is 14.8. The van der Waals surface area contributed by atoms with Crippen LogP contribution in [0.3, 0.4) is 0 Å². The fraction of sp³-hybridized carbons (Fsp3) is 0.350. The first-order chi connectivity index (χ1) is 12.5. The molecule has 6 heteroatoms. The van der Waals surface area contributed by atoms with Crippen molar-refractivity contribution in [3.63, 3.8) is 0 Å². The molecule has 0 bridgehead atoms. The van der Waals surface area contributed by atoms with Gasteiger partial charge in [0.2, 0.25) is 0 Å². The quantitative estimate of drug-likeness (QED) is 0.767. The van der Waals surface area contributed by atoms with Crippen LogP contribution < -0.4 is 5.32 Å². The Morgan fingerprint density at radius 1 is 1.12 bits per heavy atom. The molecule has 26 heavy (non-hydrogen) atoms. The van der Waals surface area contributed by atoms with Gasteiger partial charge in [-0.2, -0.15) is 5.10 Å². The van der Waals surface area contributed by atoms with Crippen molar-refractivity contribution in [3.8, 4) is 11.1 Å². The second kappa shape index (κ2) is 6.52. The lowest BCUT2D eigenvalue weighted by atomic mass is 9.86. The van der Waals surface area contributed by atoms with Crippen molar-refractivity contribution in [1.29, 1.82) is 0 Å². The number of rotatable bonds is 3. The number of hydrogen-bond acceptors (Lipinski definition) is 3. The Bertz CT molecular complexity index is 959. The van der Waals surface area contributed by atoms with Crippen LogP contribution in [0.2, 0.25) is 0 Å². The SMILES string of the molecule is Cn1cc(-c2ccc3cnc(NC(=O)C4(F)CCCCC4)cc3c2)cn1. The van der Waals surface area contributed by atoms with E-state index in [-0.39, 0.29) is 12.8 Å². The molecule has 0 aliphatic heterocycles. The summed E-state index contributed by atoms with van der Waals surface area (Å²) in [6, 6.07) is 7.81. The van der Waals surface area contributed by atoms with E-state index in [0.29, 0.717) is 5.82 Å². The molecule has 1 aromatic carbocycles. The summed E-state index contributed by atoms with van der Waals surface area (Å²) in [7, 11) is 1.88. The third kappa shape index (κ3) is 3.19. The minimum absolute atomic E-state index is 0.289. The van der Waals surface area contributed by atoms with Gasteiger partial charge in [0.1, 0.15) is 5.82 Å². The van der Waals surface area contributed by atoms with Crippen LogP contribution in [0.1, 0.15) is 32.1 Å². The van der Waals surface area contributed by atoms with Gasteiger partial charge in [-0.1, -0.05) is 18.6 Å². The smallest absolute Gasteiger partial charge is 0.263 e. The van der Waals surface area contributed by atoms with Gasteiger partial charge in [-0.15, -0.1) is 0 Å². The van der Waals surface area contributed by atoms with E-state index in [0.717, 1.165) is 41.2 Å². The van der Waals surface area contributed by atoms with Crippen LogP contribution in [0.25, 0.3) is 21.9 Å². The molecule has 0 spiro atoms. The highest BCUT2D eigenvalue weighted by Gasteiger charge is 2.39. The lowest BCUT2D eigenvalue weighted by Crippen LogP contribution is -2.40. The van der Waals surface area contributed by atoms with E-state index in [2.05, 4.69) is 15.4 Å². The molecule has 134 valence electrons. The van der Waals surface area contributed by atoms with Gasteiger partial charge in [-0.3, -0.25) is 9.48 Å². The van der Waals surface area contributed by atoms with Gasteiger partial charge in [-0.25, -0.2) is 9.37 Å². The normalized spacial score (nSPS) is 16.5. The summed E-state index contributed by atoms with van der Waals surface area (Å²) in [4.78, 5) is 16.6. The number of carbonyl (C=O) groups is 1. The number of nitrogens with one attached hydrogen (secondary N) is 1. The first-order valence-corrected chi connectivity index (χ1v) is 8.93. The number of fused-ring (bicyclic) bond motifs is 1. The minimum atomic E-state index is -1.77. The monoisotopic (exact) mass is 352 g/mol. The maximum Gasteiger partial charge on any atom is 0.263 e. The van der Waals surface area contributed by atoms with Gasteiger partial charge in [-0.05, 0) is 48.8 Å². The summed E-state index contributed by atoms with van der Waals surface area (Å²) in [6.07, 6.45) is 8.53. The molecule has 1 N–H and O–H groups in total. The third-order valence-corrected chi connectivity index (χ3v) is 5.05. The molecule has 0 saturated heterocycles. The predicted octanol–water partition coefficient (Wildman–Crippen LogP) is 4.25. The van der Waals surface area contributed by atoms with Crippen molar-refractivity contribution >= 4 is 22.5 Å². The molecule has 1 amide bonds. The molecule has 0 unspecified atom stereocenters. The first kappa shape index (κ1) is 16.7. The molecule has 1 fully saturated rings. The Hall–Kier alpha value is -2.76.